The molecule has 0 atom stereocenters. The number of aryl methyl sites for hydroxylation is 1. The second-order valence-corrected chi connectivity index (χ2v) is 4.66. The number of nitrogens with zero attached hydrogens (tertiary/aromatic N) is 3. The van der Waals surface area contributed by atoms with Gasteiger partial charge in [-0.2, -0.15) is 5.10 Å². The van der Waals surface area contributed by atoms with E-state index in [-0.39, 0.29) is 5.91 Å². The molecular formula is C13H14N4O. The minimum atomic E-state index is 0.0300. The topological polar surface area (TPSA) is 64.2 Å². The molecule has 2 aromatic rings. The Bertz CT molecular complexity index is 644. The van der Waals surface area contributed by atoms with E-state index in [1.54, 1.807) is 22.8 Å². The van der Waals surface area contributed by atoms with E-state index >= 15 is 0 Å². The van der Waals surface area contributed by atoms with Gasteiger partial charge in [0.15, 0.2) is 0 Å². The molecule has 92 valence electrons. The van der Waals surface area contributed by atoms with Crippen molar-refractivity contribution < 1.29 is 4.79 Å². The number of nitrogen functional groups attached to an aromatic ring is 1. The lowest BCUT2D eigenvalue weighted by atomic mass is 10.0. The molecule has 5 heteroatoms. The summed E-state index contributed by atoms with van der Waals surface area (Å²) in [5.74, 6) is 0.0300. The minimum Gasteiger partial charge on any atom is -0.398 e. The number of nitrogens with two attached hydrogens (primary N) is 1. The van der Waals surface area contributed by atoms with Gasteiger partial charge < -0.3 is 10.6 Å². The summed E-state index contributed by atoms with van der Waals surface area (Å²) in [5, 5.41) is 4.13. The van der Waals surface area contributed by atoms with Crippen LogP contribution in [0.15, 0.2) is 24.5 Å². The molecule has 0 saturated heterocycles. The highest BCUT2D eigenvalue weighted by atomic mass is 16.2. The minimum absolute atomic E-state index is 0.0300. The van der Waals surface area contributed by atoms with Crippen LogP contribution < -0.4 is 5.73 Å². The summed E-state index contributed by atoms with van der Waals surface area (Å²) in [6.07, 6.45) is 3.68. The monoisotopic (exact) mass is 242 g/mol. The highest BCUT2D eigenvalue weighted by Gasteiger charge is 2.27. The Labute approximate surface area is 105 Å². The van der Waals surface area contributed by atoms with E-state index in [4.69, 9.17) is 5.73 Å². The van der Waals surface area contributed by atoms with Gasteiger partial charge >= 0.3 is 0 Å². The van der Waals surface area contributed by atoms with Crippen LogP contribution in [0.3, 0.4) is 0 Å². The van der Waals surface area contributed by atoms with Crippen LogP contribution in [0, 0.1) is 0 Å². The van der Waals surface area contributed by atoms with Gasteiger partial charge in [-0.25, -0.2) is 0 Å². The Hall–Kier alpha value is -2.30. The summed E-state index contributed by atoms with van der Waals surface area (Å²) in [6, 6.07) is 3.80. The zero-order chi connectivity index (χ0) is 12.9. The quantitative estimate of drug-likeness (QED) is 0.765. The third-order valence-corrected chi connectivity index (χ3v) is 3.30. The first-order valence-electron chi connectivity index (χ1n) is 5.73. The van der Waals surface area contributed by atoms with Gasteiger partial charge in [0, 0.05) is 49.2 Å². The van der Waals surface area contributed by atoms with Crippen molar-refractivity contribution in [3.05, 3.63) is 35.7 Å². The van der Waals surface area contributed by atoms with Gasteiger partial charge in [-0.05, 0) is 17.7 Å². The van der Waals surface area contributed by atoms with Crippen molar-refractivity contribution in [2.24, 2.45) is 7.05 Å². The molecule has 1 aromatic heterocycles. The maximum Gasteiger partial charge on any atom is 0.254 e. The van der Waals surface area contributed by atoms with Gasteiger partial charge in [0.2, 0.25) is 0 Å². The Morgan fingerprint density at radius 2 is 2.06 bits per heavy atom. The standard InChI is InChI=1S/C13H14N4O/c1-16-7-11-10(13(16)18)3-8(4-12(11)14)9-5-15-17(2)6-9/h3-6H,7,14H2,1-2H3. The van der Waals surface area contributed by atoms with E-state index < -0.39 is 0 Å². The number of anilines is 1. The van der Waals surface area contributed by atoms with E-state index in [0.717, 1.165) is 16.7 Å². The lowest BCUT2D eigenvalue weighted by molar-refractivity contribution is 0.0816. The molecule has 0 saturated carbocycles. The molecule has 2 heterocycles. The highest BCUT2D eigenvalue weighted by molar-refractivity contribution is 6.01. The predicted octanol–water partition coefficient (Wildman–Crippen LogP) is 1.25. The van der Waals surface area contributed by atoms with Crippen molar-refractivity contribution in [2.45, 2.75) is 6.54 Å². The summed E-state index contributed by atoms with van der Waals surface area (Å²) in [7, 11) is 3.64. The number of hydrogen-bond acceptors (Lipinski definition) is 3. The fourth-order valence-electron chi connectivity index (χ4n) is 2.31. The van der Waals surface area contributed by atoms with Gasteiger partial charge in [-0.3, -0.25) is 9.48 Å². The Morgan fingerprint density at radius 1 is 1.28 bits per heavy atom. The lowest BCUT2D eigenvalue weighted by Crippen LogP contribution is -2.17. The largest absolute Gasteiger partial charge is 0.398 e. The van der Waals surface area contributed by atoms with Crippen molar-refractivity contribution in [1.29, 1.82) is 0 Å². The molecule has 18 heavy (non-hydrogen) atoms. The number of carbonyl (C=O) groups excluding carboxylic acids is 1. The average molecular weight is 242 g/mol. The molecule has 0 bridgehead atoms. The molecule has 0 fully saturated rings. The normalized spacial score (nSPS) is 14.1. The van der Waals surface area contributed by atoms with Crippen LogP contribution in [0.1, 0.15) is 15.9 Å². The van der Waals surface area contributed by atoms with E-state index in [1.807, 2.05) is 25.4 Å². The fraction of sp³-hybridized carbons (Fsp3) is 0.231. The molecule has 1 aliphatic rings. The molecule has 0 spiro atoms. The smallest absolute Gasteiger partial charge is 0.254 e. The molecule has 1 amide bonds. The molecule has 5 nitrogen and oxygen atoms in total. The fourth-order valence-corrected chi connectivity index (χ4v) is 2.31. The van der Waals surface area contributed by atoms with E-state index in [1.165, 1.54) is 0 Å². The highest BCUT2D eigenvalue weighted by Crippen LogP contribution is 2.32. The molecule has 0 aliphatic carbocycles. The summed E-state index contributed by atoms with van der Waals surface area (Å²) in [4.78, 5) is 13.7. The van der Waals surface area contributed by atoms with Gasteiger partial charge in [0.05, 0.1) is 6.20 Å². The number of benzene rings is 1. The zero-order valence-electron chi connectivity index (χ0n) is 10.3. The lowest BCUT2D eigenvalue weighted by Gasteiger charge is -2.05. The Kier molecular flexibility index (Phi) is 2.16. The Morgan fingerprint density at radius 3 is 2.72 bits per heavy atom. The van der Waals surface area contributed by atoms with Crippen LogP contribution in [0.2, 0.25) is 0 Å². The molecular weight excluding hydrogens is 228 g/mol. The summed E-state index contributed by atoms with van der Waals surface area (Å²) in [6.45, 7) is 0.591. The second kappa shape index (κ2) is 3.60. The number of hydrogen-bond donors (Lipinski definition) is 1. The maximum absolute atomic E-state index is 12.0. The van der Waals surface area contributed by atoms with Crippen molar-refractivity contribution in [3.63, 3.8) is 0 Å². The number of rotatable bonds is 1. The van der Waals surface area contributed by atoms with Crippen LogP contribution >= 0.6 is 0 Å². The predicted molar refractivity (Wildman–Crippen MR) is 68.9 cm³/mol. The van der Waals surface area contributed by atoms with Gasteiger partial charge in [-0.1, -0.05) is 0 Å². The average Bonchev–Trinajstić information content (AvgIpc) is 2.87. The first kappa shape index (κ1) is 10.8. The molecule has 3 rings (SSSR count). The molecule has 0 radical (unpaired) electrons. The summed E-state index contributed by atoms with van der Waals surface area (Å²) >= 11 is 0. The summed E-state index contributed by atoms with van der Waals surface area (Å²) < 4.78 is 1.73. The van der Waals surface area contributed by atoms with E-state index in [2.05, 4.69) is 5.10 Å². The molecule has 0 unspecified atom stereocenters. The molecule has 2 N–H and O–H groups in total. The van der Waals surface area contributed by atoms with Crippen molar-refractivity contribution in [2.75, 3.05) is 12.8 Å². The molecule has 1 aliphatic heterocycles. The summed E-state index contributed by atoms with van der Waals surface area (Å²) in [5.41, 5.74) is 10.2. The molecule has 1 aromatic carbocycles. The number of aromatic nitrogens is 2. The van der Waals surface area contributed by atoms with E-state index in [9.17, 15) is 4.79 Å². The third kappa shape index (κ3) is 1.48. The van der Waals surface area contributed by atoms with Crippen LogP contribution in [0.25, 0.3) is 11.1 Å². The van der Waals surface area contributed by atoms with Crippen LogP contribution in [0.4, 0.5) is 5.69 Å². The van der Waals surface area contributed by atoms with Crippen LogP contribution in [0.5, 0.6) is 0 Å². The van der Waals surface area contributed by atoms with Gasteiger partial charge in [0.1, 0.15) is 0 Å². The van der Waals surface area contributed by atoms with Gasteiger partial charge in [0.25, 0.3) is 5.91 Å². The zero-order valence-corrected chi connectivity index (χ0v) is 10.3. The van der Waals surface area contributed by atoms with E-state index in [0.29, 0.717) is 17.8 Å². The number of carbonyl (C=O) groups is 1. The maximum atomic E-state index is 12.0. The van der Waals surface area contributed by atoms with Crippen molar-refractivity contribution >= 4 is 11.6 Å². The van der Waals surface area contributed by atoms with Gasteiger partial charge in [-0.15, -0.1) is 0 Å². The number of amides is 1. The Balaban J connectivity index is 2.16. The first-order chi connectivity index (χ1) is 8.56. The van der Waals surface area contributed by atoms with Crippen LogP contribution in [-0.2, 0) is 13.6 Å². The first-order valence-corrected chi connectivity index (χ1v) is 5.73. The van der Waals surface area contributed by atoms with Crippen molar-refractivity contribution in [1.82, 2.24) is 14.7 Å². The SMILES string of the molecule is CN1Cc2c(N)cc(-c3cnn(C)c3)cc2C1=O. The second-order valence-electron chi connectivity index (χ2n) is 4.66. The number of fused-ring (bicyclic) bond motifs is 1. The van der Waals surface area contributed by atoms with Crippen LogP contribution in [-0.4, -0.2) is 27.6 Å². The van der Waals surface area contributed by atoms with Crippen molar-refractivity contribution in [3.8, 4) is 11.1 Å². The third-order valence-electron chi connectivity index (χ3n) is 3.30.